The van der Waals surface area contributed by atoms with Crippen molar-refractivity contribution < 1.29 is 9.59 Å². The van der Waals surface area contributed by atoms with Crippen LogP contribution in [-0.4, -0.2) is 24.9 Å². The Morgan fingerprint density at radius 2 is 2.24 bits per heavy atom. The molecule has 0 aliphatic carbocycles. The van der Waals surface area contributed by atoms with Crippen molar-refractivity contribution in [2.75, 3.05) is 13.1 Å². The molecule has 6 heteroatoms. The lowest BCUT2D eigenvalue weighted by atomic mass is 10.2. The summed E-state index contributed by atoms with van der Waals surface area (Å²) in [5.74, 6) is 4.72. The Labute approximate surface area is 103 Å². The molecule has 5 nitrogen and oxygen atoms in total. The standard InChI is InChI=1S/C11H13N3O2S/c1-7-5-9(11(16)14-6-10(13)15)17-8(7)3-2-4-12/h5H,4,6,12H2,1H3,(H2,13,15)(H,14,16). The molecule has 0 spiro atoms. The highest BCUT2D eigenvalue weighted by molar-refractivity contribution is 7.14. The van der Waals surface area contributed by atoms with Crippen LogP contribution < -0.4 is 16.8 Å². The zero-order valence-corrected chi connectivity index (χ0v) is 10.2. The van der Waals surface area contributed by atoms with Crippen molar-refractivity contribution in [1.29, 1.82) is 0 Å². The van der Waals surface area contributed by atoms with Crippen LogP contribution in [-0.2, 0) is 4.79 Å². The minimum atomic E-state index is -0.574. The quantitative estimate of drug-likeness (QED) is 0.636. The van der Waals surface area contributed by atoms with Gasteiger partial charge in [0.05, 0.1) is 22.8 Å². The Morgan fingerprint density at radius 1 is 1.53 bits per heavy atom. The van der Waals surface area contributed by atoms with E-state index < -0.39 is 5.91 Å². The van der Waals surface area contributed by atoms with Gasteiger partial charge in [0.1, 0.15) is 0 Å². The lowest BCUT2D eigenvalue weighted by molar-refractivity contribution is -0.117. The van der Waals surface area contributed by atoms with Gasteiger partial charge in [-0.1, -0.05) is 11.8 Å². The van der Waals surface area contributed by atoms with Crippen molar-refractivity contribution >= 4 is 23.2 Å². The maximum atomic E-state index is 11.6. The average Bonchev–Trinajstić information content (AvgIpc) is 2.65. The Kier molecular flexibility index (Phi) is 4.69. The van der Waals surface area contributed by atoms with E-state index in [2.05, 4.69) is 17.2 Å². The number of rotatable bonds is 3. The van der Waals surface area contributed by atoms with Crippen LogP contribution >= 0.6 is 11.3 Å². The van der Waals surface area contributed by atoms with Gasteiger partial charge in [0.15, 0.2) is 0 Å². The van der Waals surface area contributed by atoms with Gasteiger partial charge in [-0.05, 0) is 18.6 Å². The van der Waals surface area contributed by atoms with Crippen LogP contribution in [0.3, 0.4) is 0 Å². The van der Waals surface area contributed by atoms with E-state index in [0.29, 0.717) is 4.88 Å². The number of aryl methyl sites for hydroxylation is 1. The third kappa shape index (κ3) is 3.90. The lowest BCUT2D eigenvalue weighted by Crippen LogP contribution is -2.32. The predicted octanol–water partition coefficient (Wildman–Crippen LogP) is -0.418. The van der Waals surface area contributed by atoms with Crippen molar-refractivity contribution in [1.82, 2.24) is 5.32 Å². The fraction of sp³-hybridized carbons (Fsp3) is 0.273. The van der Waals surface area contributed by atoms with E-state index in [1.54, 1.807) is 6.07 Å². The molecule has 0 aliphatic rings. The van der Waals surface area contributed by atoms with E-state index in [0.717, 1.165) is 10.4 Å². The molecule has 0 atom stereocenters. The van der Waals surface area contributed by atoms with E-state index >= 15 is 0 Å². The average molecular weight is 251 g/mol. The van der Waals surface area contributed by atoms with E-state index in [1.807, 2.05) is 6.92 Å². The van der Waals surface area contributed by atoms with Gasteiger partial charge < -0.3 is 16.8 Å². The van der Waals surface area contributed by atoms with Crippen molar-refractivity contribution in [3.8, 4) is 11.8 Å². The molecule has 0 bridgehead atoms. The maximum Gasteiger partial charge on any atom is 0.261 e. The zero-order chi connectivity index (χ0) is 12.8. The molecule has 0 aliphatic heterocycles. The summed E-state index contributed by atoms with van der Waals surface area (Å²) >= 11 is 1.27. The largest absolute Gasteiger partial charge is 0.368 e. The predicted molar refractivity (Wildman–Crippen MR) is 66.5 cm³/mol. The summed E-state index contributed by atoms with van der Waals surface area (Å²) in [6.45, 7) is 1.97. The molecule has 2 amide bonds. The summed E-state index contributed by atoms with van der Waals surface area (Å²) in [4.78, 5) is 23.4. The highest BCUT2D eigenvalue weighted by Crippen LogP contribution is 2.20. The normalized spacial score (nSPS) is 9.29. The molecule has 90 valence electrons. The Bertz CT molecular complexity index is 497. The van der Waals surface area contributed by atoms with Crippen molar-refractivity contribution in [3.63, 3.8) is 0 Å². The molecule has 5 N–H and O–H groups in total. The van der Waals surface area contributed by atoms with Crippen molar-refractivity contribution in [3.05, 3.63) is 21.4 Å². The van der Waals surface area contributed by atoms with Crippen molar-refractivity contribution in [2.24, 2.45) is 11.5 Å². The van der Waals surface area contributed by atoms with Gasteiger partial charge in [-0.3, -0.25) is 9.59 Å². The summed E-state index contributed by atoms with van der Waals surface area (Å²) in [5, 5.41) is 2.42. The Morgan fingerprint density at radius 3 is 2.82 bits per heavy atom. The van der Waals surface area contributed by atoms with Crippen LogP contribution in [0.15, 0.2) is 6.07 Å². The van der Waals surface area contributed by atoms with Gasteiger partial charge in [-0.15, -0.1) is 11.3 Å². The molecular weight excluding hydrogens is 238 g/mol. The van der Waals surface area contributed by atoms with E-state index in [-0.39, 0.29) is 19.0 Å². The first-order valence-electron chi connectivity index (χ1n) is 4.90. The molecule has 1 aromatic rings. The van der Waals surface area contributed by atoms with Crippen LogP contribution in [0.5, 0.6) is 0 Å². The molecule has 1 heterocycles. The topological polar surface area (TPSA) is 98.2 Å². The van der Waals surface area contributed by atoms with Gasteiger partial charge in [0.2, 0.25) is 5.91 Å². The first-order valence-corrected chi connectivity index (χ1v) is 5.72. The number of nitrogens with two attached hydrogens (primary N) is 2. The Balaban J connectivity index is 2.79. The number of amides is 2. The first-order chi connectivity index (χ1) is 8.04. The van der Waals surface area contributed by atoms with E-state index in [4.69, 9.17) is 11.5 Å². The number of nitrogens with one attached hydrogen (secondary N) is 1. The highest BCUT2D eigenvalue weighted by atomic mass is 32.1. The van der Waals surface area contributed by atoms with Crippen LogP contribution in [0, 0.1) is 18.8 Å². The monoisotopic (exact) mass is 251 g/mol. The number of carbonyl (C=O) groups is 2. The van der Waals surface area contributed by atoms with E-state index in [9.17, 15) is 9.59 Å². The summed E-state index contributed by atoms with van der Waals surface area (Å²) in [5.41, 5.74) is 11.1. The van der Waals surface area contributed by atoms with Gasteiger partial charge >= 0.3 is 0 Å². The molecule has 0 fully saturated rings. The second-order valence-corrected chi connectivity index (χ2v) is 4.33. The van der Waals surface area contributed by atoms with Crippen LogP contribution in [0.4, 0.5) is 0 Å². The number of carbonyl (C=O) groups excluding carboxylic acids is 2. The van der Waals surface area contributed by atoms with Crippen LogP contribution in [0.2, 0.25) is 0 Å². The highest BCUT2D eigenvalue weighted by Gasteiger charge is 2.11. The summed E-state index contributed by atoms with van der Waals surface area (Å²) in [6, 6.07) is 1.72. The fourth-order valence-corrected chi connectivity index (χ4v) is 2.07. The molecule has 0 radical (unpaired) electrons. The lowest BCUT2D eigenvalue weighted by Gasteiger charge is -1.98. The fourth-order valence-electron chi connectivity index (χ4n) is 1.10. The van der Waals surface area contributed by atoms with Gasteiger partial charge in [0, 0.05) is 0 Å². The number of hydrogen-bond donors (Lipinski definition) is 3. The third-order valence-corrected chi connectivity index (χ3v) is 3.02. The molecular formula is C11H13N3O2S. The van der Waals surface area contributed by atoms with Crippen molar-refractivity contribution in [2.45, 2.75) is 6.92 Å². The molecule has 1 aromatic heterocycles. The smallest absolute Gasteiger partial charge is 0.261 e. The second kappa shape index (κ2) is 6.03. The summed E-state index contributed by atoms with van der Waals surface area (Å²) < 4.78 is 0. The summed E-state index contributed by atoms with van der Waals surface area (Å²) in [7, 11) is 0. The maximum absolute atomic E-state index is 11.6. The molecule has 0 unspecified atom stereocenters. The van der Waals surface area contributed by atoms with E-state index in [1.165, 1.54) is 11.3 Å². The molecule has 17 heavy (non-hydrogen) atoms. The van der Waals surface area contributed by atoms with Gasteiger partial charge in [0.25, 0.3) is 5.91 Å². The number of thiophene rings is 1. The minimum absolute atomic E-state index is 0.167. The SMILES string of the molecule is Cc1cc(C(=O)NCC(N)=O)sc1C#CCN. The molecule has 0 saturated heterocycles. The summed E-state index contributed by atoms with van der Waals surface area (Å²) in [6.07, 6.45) is 0. The minimum Gasteiger partial charge on any atom is -0.368 e. The van der Waals surface area contributed by atoms with Crippen LogP contribution in [0.25, 0.3) is 0 Å². The molecule has 1 rings (SSSR count). The zero-order valence-electron chi connectivity index (χ0n) is 9.37. The Hall–Kier alpha value is -1.84. The third-order valence-electron chi connectivity index (χ3n) is 1.87. The van der Waals surface area contributed by atoms with Crippen LogP contribution in [0.1, 0.15) is 20.1 Å². The van der Waals surface area contributed by atoms with Gasteiger partial charge in [-0.25, -0.2) is 0 Å². The second-order valence-electron chi connectivity index (χ2n) is 3.28. The molecule has 0 aromatic carbocycles. The number of primary amides is 1. The van der Waals surface area contributed by atoms with Gasteiger partial charge in [-0.2, -0.15) is 0 Å². The first kappa shape index (κ1) is 13.2. The molecule has 0 saturated carbocycles. The number of hydrogen-bond acceptors (Lipinski definition) is 4.